The molecule has 1 N–H and O–H groups in total. The number of anilines is 1. The fourth-order valence-corrected chi connectivity index (χ4v) is 3.71. The highest BCUT2D eigenvalue weighted by Gasteiger charge is 2.16. The van der Waals surface area contributed by atoms with Crippen molar-refractivity contribution in [2.24, 2.45) is 5.92 Å². The van der Waals surface area contributed by atoms with E-state index in [1.165, 1.54) is 18.5 Å². The molecule has 140 valence electrons. The molecule has 0 aliphatic carbocycles. The molecule has 1 fully saturated rings. The Labute approximate surface area is 159 Å². The number of carbonyl (C=O) groups is 1. The minimum atomic E-state index is -0.111. The predicted molar refractivity (Wildman–Crippen MR) is 107 cm³/mol. The second-order valence-corrected chi connectivity index (χ2v) is 7.46. The van der Waals surface area contributed by atoms with Crippen LogP contribution in [0, 0.1) is 12.8 Å². The molecule has 0 unspecified atom stereocenters. The van der Waals surface area contributed by atoms with Gasteiger partial charge in [-0.1, -0.05) is 19.1 Å². The fourth-order valence-electron chi connectivity index (χ4n) is 3.71. The van der Waals surface area contributed by atoms with Gasteiger partial charge in [-0.05, 0) is 54.7 Å². The molecule has 1 aromatic heterocycles. The van der Waals surface area contributed by atoms with Crippen molar-refractivity contribution in [1.82, 2.24) is 10.3 Å². The summed E-state index contributed by atoms with van der Waals surface area (Å²) in [5, 5.41) is 2.98. The second-order valence-electron chi connectivity index (χ2n) is 7.46. The zero-order chi connectivity index (χ0) is 18.8. The van der Waals surface area contributed by atoms with Crippen LogP contribution in [-0.4, -0.2) is 24.0 Å². The Morgan fingerprint density at radius 1 is 1.26 bits per heavy atom. The maximum atomic E-state index is 12.4. The molecule has 3 aromatic rings. The van der Waals surface area contributed by atoms with Crippen LogP contribution in [0.2, 0.25) is 0 Å². The molecule has 0 saturated carbocycles. The topological polar surface area (TPSA) is 58.4 Å². The Kier molecular flexibility index (Phi) is 4.84. The van der Waals surface area contributed by atoms with Gasteiger partial charge in [0.2, 0.25) is 0 Å². The molecule has 1 aliphatic heterocycles. The van der Waals surface area contributed by atoms with Crippen LogP contribution >= 0.6 is 0 Å². The second kappa shape index (κ2) is 7.43. The summed E-state index contributed by atoms with van der Waals surface area (Å²) >= 11 is 0. The highest BCUT2D eigenvalue weighted by molar-refractivity contribution is 5.96. The van der Waals surface area contributed by atoms with E-state index in [0.717, 1.165) is 30.1 Å². The number of aryl methyl sites for hydroxylation is 1. The smallest absolute Gasteiger partial charge is 0.251 e. The Morgan fingerprint density at radius 2 is 2.07 bits per heavy atom. The molecule has 1 amide bonds. The Morgan fingerprint density at radius 3 is 2.85 bits per heavy atom. The van der Waals surface area contributed by atoms with Crippen LogP contribution < -0.4 is 10.2 Å². The van der Waals surface area contributed by atoms with Crippen LogP contribution in [0.5, 0.6) is 0 Å². The molecule has 0 spiro atoms. The summed E-state index contributed by atoms with van der Waals surface area (Å²) in [4.78, 5) is 19.1. The lowest BCUT2D eigenvalue weighted by molar-refractivity contribution is 0.0951. The summed E-state index contributed by atoms with van der Waals surface area (Å²) in [5.74, 6) is 1.24. The van der Waals surface area contributed by atoms with Gasteiger partial charge in [0.15, 0.2) is 11.5 Å². The number of nitrogens with zero attached hydrogens (tertiary/aromatic N) is 2. The van der Waals surface area contributed by atoms with Crippen molar-refractivity contribution in [1.29, 1.82) is 0 Å². The van der Waals surface area contributed by atoms with Gasteiger partial charge in [0.05, 0.1) is 0 Å². The van der Waals surface area contributed by atoms with Gasteiger partial charge in [-0.15, -0.1) is 0 Å². The van der Waals surface area contributed by atoms with Crippen molar-refractivity contribution in [2.45, 2.75) is 33.2 Å². The molecule has 4 rings (SSSR count). The average Bonchev–Trinajstić information content (AvgIpc) is 3.05. The number of oxazole rings is 1. The third-order valence-electron chi connectivity index (χ3n) is 5.17. The molecule has 27 heavy (non-hydrogen) atoms. The van der Waals surface area contributed by atoms with Gasteiger partial charge in [-0.25, -0.2) is 4.98 Å². The highest BCUT2D eigenvalue weighted by Crippen LogP contribution is 2.23. The van der Waals surface area contributed by atoms with Gasteiger partial charge < -0.3 is 14.6 Å². The summed E-state index contributed by atoms with van der Waals surface area (Å²) in [5.41, 5.74) is 4.35. The molecule has 1 aliphatic rings. The van der Waals surface area contributed by atoms with Gasteiger partial charge in [0, 0.05) is 37.8 Å². The van der Waals surface area contributed by atoms with E-state index in [0.29, 0.717) is 23.6 Å². The van der Waals surface area contributed by atoms with Gasteiger partial charge in [0.1, 0.15) is 5.52 Å². The van der Waals surface area contributed by atoms with Gasteiger partial charge in [-0.3, -0.25) is 4.79 Å². The van der Waals surface area contributed by atoms with Crippen LogP contribution in [-0.2, 0) is 6.54 Å². The number of hydrogen-bond acceptors (Lipinski definition) is 4. The molecule has 1 saturated heterocycles. The van der Waals surface area contributed by atoms with Crippen molar-refractivity contribution in [3.63, 3.8) is 0 Å². The minimum Gasteiger partial charge on any atom is -0.441 e. The number of nitrogens with one attached hydrogen (secondary N) is 1. The largest absolute Gasteiger partial charge is 0.441 e. The standard InChI is InChI=1S/C22H25N3O2/c1-15-4-3-11-25(14-15)19-8-5-17(6-9-19)13-23-22(26)18-7-10-20-21(12-18)27-16(2)24-20/h5-10,12,15H,3-4,11,13-14H2,1-2H3,(H,23,26)/t15-/m1/s1. The summed E-state index contributed by atoms with van der Waals surface area (Å²) in [6, 6.07) is 13.8. The molecule has 0 bridgehead atoms. The van der Waals surface area contributed by atoms with Crippen LogP contribution in [0.3, 0.4) is 0 Å². The third kappa shape index (κ3) is 3.97. The number of rotatable bonds is 4. The van der Waals surface area contributed by atoms with E-state index < -0.39 is 0 Å². The lowest BCUT2D eigenvalue weighted by Gasteiger charge is -2.32. The lowest BCUT2D eigenvalue weighted by atomic mass is 9.99. The van der Waals surface area contributed by atoms with Crippen molar-refractivity contribution in [2.75, 3.05) is 18.0 Å². The monoisotopic (exact) mass is 363 g/mol. The SMILES string of the molecule is Cc1nc2ccc(C(=O)NCc3ccc(N4CCC[C@@H](C)C4)cc3)cc2o1. The van der Waals surface area contributed by atoms with Crippen molar-refractivity contribution in [3.05, 3.63) is 59.5 Å². The van der Waals surface area contributed by atoms with Crippen LogP contribution in [0.1, 0.15) is 41.6 Å². The zero-order valence-corrected chi connectivity index (χ0v) is 15.9. The number of benzene rings is 2. The molecular formula is C22H25N3O2. The molecular weight excluding hydrogens is 338 g/mol. The van der Waals surface area contributed by atoms with Crippen LogP contribution in [0.15, 0.2) is 46.9 Å². The fraction of sp³-hybridized carbons (Fsp3) is 0.364. The first-order chi connectivity index (χ1) is 13.1. The van der Waals surface area contributed by atoms with E-state index in [1.807, 2.05) is 6.07 Å². The van der Waals surface area contributed by atoms with Crippen molar-refractivity contribution >= 4 is 22.7 Å². The molecule has 2 heterocycles. The summed E-state index contributed by atoms with van der Waals surface area (Å²) in [7, 11) is 0. The van der Waals surface area contributed by atoms with Crippen molar-refractivity contribution in [3.8, 4) is 0 Å². The van der Waals surface area contributed by atoms with E-state index >= 15 is 0 Å². The maximum Gasteiger partial charge on any atom is 0.251 e. The highest BCUT2D eigenvalue weighted by atomic mass is 16.3. The lowest BCUT2D eigenvalue weighted by Crippen LogP contribution is -2.34. The first kappa shape index (κ1) is 17.6. The number of piperidine rings is 1. The normalized spacial score (nSPS) is 17.3. The summed E-state index contributed by atoms with van der Waals surface area (Å²) in [6.07, 6.45) is 2.58. The van der Waals surface area contributed by atoms with Crippen LogP contribution in [0.25, 0.3) is 11.1 Å². The van der Waals surface area contributed by atoms with Gasteiger partial charge >= 0.3 is 0 Å². The Hall–Kier alpha value is -2.82. The van der Waals surface area contributed by atoms with Crippen molar-refractivity contribution < 1.29 is 9.21 Å². The van der Waals surface area contributed by atoms with E-state index in [-0.39, 0.29) is 5.91 Å². The molecule has 5 nitrogen and oxygen atoms in total. The number of aromatic nitrogens is 1. The number of amides is 1. The van der Waals surface area contributed by atoms with Crippen LogP contribution in [0.4, 0.5) is 5.69 Å². The third-order valence-corrected chi connectivity index (χ3v) is 5.17. The Balaban J connectivity index is 1.38. The molecule has 1 atom stereocenters. The molecule has 2 aromatic carbocycles. The average molecular weight is 363 g/mol. The van der Waals surface area contributed by atoms with E-state index in [9.17, 15) is 4.79 Å². The van der Waals surface area contributed by atoms with E-state index in [1.54, 1.807) is 19.1 Å². The maximum absolute atomic E-state index is 12.4. The summed E-state index contributed by atoms with van der Waals surface area (Å²) < 4.78 is 5.50. The number of hydrogen-bond donors (Lipinski definition) is 1. The van der Waals surface area contributed by atoms with Gasteiger partial charge in [0.25, 0.3) is 5.91 Å². The van der Waals surface area contributed by atoms with E-state index in [4.69, 9.17) is 4.42 Å². The molecule has 5 heteroatoms. The number of carbonyl (C=O) groups excluding carboxylic acids is 1. The first-order valence-electron chi connectivity index (χ1n) is 9.58. The Bertz CT molecular complexity index is 946. The first-order valence-corrected chi connectivity index (χ1v) is 9.58. The predicted octanol–water partition coefficient (Wildman–Crippen LogP) is 4.30. The zero-order valence-electron chi connectivity index (χ0n) is 15.9. The number of fused-ring (bicyclic) bond motifs is 1. The van der Waals surface area contributed by atoms with E-state index in [2.05, 4.69) is 46.4 Å². The summed E-state index contributed by atoms with van der Waals surface area (Å²) in [6.45, 7) is 6.87. The molecule has 0 radical (unpaired) electrons. The quantitative estimate of drug-likeness (QED) is 0.751. The minimum absolute atomic E-state index is 0.111. The van der Waals surface area contributed by atoms with Gasteiger partial charge in [-0.2, -0.15) is 0 Å².